The van der Waals surface area contributed by atoms with Gasteiger partial charge in [-0.25, -0.2) is 0 Å². The van der Waals surface area contributed by atoms with Crippen LogP contribution in [0.3, 0.4) is 0 Å². The number of esters is 2. The number of carbonyl (C=O) groups is 2. The normalized spacial score (nSPS) is 12.0. The highest BCUT2D eigenvalue weighted by molar-refractivity contribution is 5.69. The summed E-state index contributed by atoms with van der Waals surface area (Å²) in [6.07, 6.45) is 49.2. The van der Waals surface area contributed by atoms with Gasteiger partial charge in [-0.3, -0.25) is 9.59 Å². The van der Waals surface area contributed by atoms with Crippen molar-refractivity contribution in [3.8, 4) is 0 Å². The van der Waals surface area contributed by atoms with Crippen molar-refractivity contribution in [2.75, 3.05) is 13.2 Å². The van der Waals surface area contributed by atoms with E-state index in [1.54, 1.807) is 0 Å². The maximum atomic E-state index is 11.5. The number of ether oxygens (including phenoxy) is 2. The molecule has 4 heteroatoms. The van der Waals surface area contributed by atoms with Crippen molar-refractivity contribution in [1.29, 1.82) is 0 Å². The molecular formula is C46H82O4. The van der Waals surface area contributed by atoms with Crippen LogP contribution < -0.4 is 0 Å². The summed E-state index contributed by atoms with van der Waals surface area (Å²) in [6.45, 7) is 14.1. The quantitative estimate of drug-likeness (QED) is 0.0389. The van der Waals surface area contributed by atoms with Crippen molar-refractivity contribution >= 4 is 11.9 Å². The van der Waals surface area contributed by atoms with Gasteiger partial charge in [0.25, 0.3) is 0 Å². The van der Waals surface area contributed by atoms with Gasteiger partial charge < -0.3 is 9.47 Å². The lowest BCUT2D eigenvalue weighted by Gasteiger charge is -2.06. The maximum absolute atomic E-state index is 11.5. The van der Waals surface area contributed by atoms with Crippen LogP contribution in [0.15, 0.2) is 60.8 Å². The van der Waals surface area contributed by atoms with E-state index >= 15 is 0 Å². The SMILES string of the molecule is CC/C=C\C/C=C\C/C=C\CCCCCCCC(=O)OCCC(C)C.CCCCC/C=C\C/C=C\CCCCCCCC(=O)OCCC(C)C. The summed E-state index contributed by atoms with van der Waals surface area (Å²) < 4.78 is 10.4. The molecule has 0 aliphatic rings. The van der Waals surface area contributed by atoms with Gasteiger partial charge >= 0.3 is 11.9 Å². The molecule has 0 rings (SSSR count). The summed E-state index contributed by atoms with van der Waals surface area (Å²) in [5, 5.41) is 0. The molecule has 0 bridgehead atoms. The Labute approximate surface area is 311 Å². The predicted molar refractivity (Wildman–Crippen MR) is 219 cm³/mol. The van der Waals surface area contributed by atoms with Gasteiger partial charge in [-0.05, 0) is 102 Å². The molecule has 0 atom stereocenters. The number of allylic oxidation sites excluding steroid dienone is 10. The molecule has 0 saturated heterocycles. The Bertz CT molecular complexity index is 861. The fourth-order valence-corrected chi connectivity index (χ4v) is 4.93. The van der Waals surface area contributed by atoms with Gasteiger partial charge in [0.1, 0.15) is 0 Å². The van der Waals surface area contributed by atoms with Crippen LogP contribution >= 0.6 is 0 Å². The Kier molecular flexibility index (Phi) is 42.6. The first-order valence-electron chi connectivity index (χ1n) is 20.9. The van der Waals surface area contributed by atoms with Crippen molar-refractivity contribution in [1.82, 2.24) is 0 Å². The van der Waals surface area contributed by atoms with E-state index in [1.807, 2.05) is 0 Å². The van der Waals surface area contributed by atoms with Crippen LogP contribution in [0, 0.1) is 11.8 Å². The second-order valence-corrected chi connectivity index (χ2v) is 14.4. The second-order valence-electron chi connectivity index (χ2n) is 14.4. The third kappa shape index (κ3) is 47.8. The molecule has 0 aliphatic heterocycles. The average molecular weight is 699 g/mol. The fraction of sp³-hybridized carbons (Fsp3) is 0.739. The van der Waals surface area contributed by atoms with Gasteiger partial charge in [-0.1, -0.05) is 154 Å². The second kappa shape index (κ2) is 42.8. The number of hydrogen-bond donors (Lipinski definition) is 0. The topological polar surface area (TPSA) is 52.6 Å². The van der Waals surface area contributed by atoms with Gasteiger partial charge in [0.2, 0.25) is 0 Å². The molecule has 0 aromatic heterocycles. The maximum Gasteiger partial charge on any atom is 0.305 e. The minimum atomic E-state index is -0.0261. The Hall–Kier alpha value is -2.36. The Balaban J connectivity index is 0. The van der Waals surface area contributed by atoms with Gasteiger partial charge in [0.15, 0.2) is 0 Å². The summed E-state index contributed by atoms with van der Waals surface area (Å²) in [6, 6.07) is 0. The van der Waals surface area contributed by atoms with Crippen LogP contribution in [0.4, 0.5) is 0 Å². The predicted octanol–water partition coefficient (Wildman–Crippen LogP) is 14.6. The van der Waals surface area contributed by atoms with Crippen LogP contribution in [-0.2, 0) is 19.1 Å². The molecule has 0 aromatic rings. The van der Waals surface area contributed by atoms with Crippen molar-refractivity contribution in [3.05, 3.63) is 60.8 Å². The third-order valence-electron chi connectivity index (χ3n) is 8.28. The van der Waals surface area contributed by atoms with Crippen LogP contribution in [0.25, 0.3) is 0 Å². The van der Waals surface area contributed by atoms with Gasteiger partial charge in [-0.15, -0.1) is 0 Å². The highest BCUT2D eigenvalue weighted by Crippen LogP contribution is 2.11. The van der Waals surface area contributed by atoms with Crippen LogP contribution in [0.5, 0.6) is 0 Å². The first kappa shape index (κ1) is 49.8. The summed E-state index contributed by atoms with van der Waals surface area (Å²) >= 11 is 0. The Morgan fingerprint density at radius 3 is 1.16 bits per heavy atom. The summed E-state index contributed by atoms with van der Waals surface area (Å²) in [5.74, 6) is 1.15. The standard InChI is InChI=1S/C23H42O2.C23H40O2/c2*1-4-5-6-7-8-9-10-11-12-13-14-15-16-17-18-19-23(24)25-21-20-22(2)3/h8-9,11-12,22H,4-7,10,13-21H2,1-3H3;5-6,8-9,11-12,22H,4,7,10,13-21H2,1-3H3/b9-8-,12-11-;6-5-,9-8-,12-11-. The number of carbonyl (C=O) groups excluding carboxylic acids is 2. The fourth-order valence-electron chi connectivity index (χ4n) is 4.93. The van der Waals surface area contributed by atoms with Crippen molar-refractivity contribution in [2.24, 2.45) is 11.8 Å². The lowest BCUT2D eigenvalue weighted by Crippen LogP contribution is -2.07. The molecule has 0 N–H and O–H groups in total. The molecule has 4 nitrogen and oxygen atoms in total. The summed E-state index contributed by atoms with van der Waals surface area (Å²) in [7, 11) is 0. The Morgan fingerprint density at radius 1 is 0.440 bits per heavy atom. The third-order valence-corrected chi connectivity index (χ3v) is 8.28. The van der Waals surface area contributed by atoms with E-state index in [0.717, 1.165) is 64.2 Å². The molecule has 290 valence electrons. The van der Waals surface area contributed by atoms with Crippen molar-refractivity contribution in [3.63, 3.8) is 0 Å². The van der Waals surface area contributed by atoms with E-state index < -0.39 is 0 Å². The van der Waals surface area contributed by atoms with E-state index in [9.17, 15) is 9.59 Å². The number of hydrogen-bond acceptors (Lipinski definition) is 4. The van der Waals surface area contributed by atoms with E-state index in [2.05, 4.69) is 102 Å². The zero-order valence-electron chi connectivity index (χ0n) is 33.9. The van der Waals surface area contributed by atoms with Crippen LogP contribution in [0.1, 0.15) is 196 Å². The first-order valence-corrected chi connectivity index (χ1v) is 20.9. The van der Waals surface area contributed by atoms with E-state index in [4.69, 9.17) is 9.47 Å². The Morgan fingerprint density at radius 2 is 0.780 bits per heavy atom. The molecule has 0 heterocycles. The number of unbranched alkanes of at least 4 members (excludes halogenated alkanes) is 13. The molecule has 50 heavy (non-hydrogen) atoms. The summed E-state index contributed by atoms with van der Waals surface area (Å²) in [4.78, 5) is 23.0. The zero-order chi connectivity index (χ0) is 37.2. The molecule has 0 amide bonds. The highest BCUT2D eigenvalue weighted by Gasteiger charge is 2.04. The van der Waals surface area contributed by atoms with E-state index in [-0.39, 0.29) is 11.9 Å². The lowest BCUT2D eigenvalue weighted by molar-refractivity contribution is -0.145. The smallest absolute Gasteiger partial charge is 0.305 e. The molecule has 0 aliphatic carbocycles. The minimum Gasteiger partial charge on any atom is -0.466 e. The molecule has 0 radical (unpaired) electrons. The minimum absolute atomic E-state index is 0.0219. The van der Waals surface area contributed by atoms with E-state index in [0.29, 0.717) is 37.9 Å². The number of rotatable bonds is 33. The largest absolute Gasteiger partial charge is 0.466 e. The highest BCUT2D eigenvalue weighted by atomic mass is 16.5. The first-order chi connectivity index (χ1) is 24.3. The monoisotopic (exact) mass is 699 g/mol. The zero-order valence-corrected chi connectivity index (χ0v) is 33.9. The van der Waals surface area contributed by atoms with Crippen LogP contribution in [-0.4, -0.2) is 25.2 Å². The van der Waals surface area contributed by atoms with Crippen LogP contribution in [0.2, 0.25) is 0 Å². The molecule has 0 spiro atoms. The van der Waals surface area contributed by atoms with Gasteiger partial charge in [0.05, 0.1) is 13.2 Å². The summed E-state index contributed by atoms with van der Waals surface area (Å²) in [5.41, 5.74) is 0. The van der Waals surface area contributed by atoms with Crippen molar-refractivity contribution in [2.45, 2.75) is 196 Å². The molecule has 0 aromatic carbocycles. The molecule has 0 saturated carbocycles. The lowest BCUT2D eigenvalue weighted by atomic mass is 10.1. The molecule has 0 unspecified atom stereocenters. The van der Waals surface area contributed by atoms with Gasteiger partial charge in [0, 0.05) is 12.8 Å². The molecular weight excluding hydrogens is 617 g/mol. The average Bonchev–Trinajstić information content (AvgIpc) is 3.08. The molecule has 0 fully saturated rings. The van der Waals surface area contributed by atoms with Gasteiger partial charge in [-0.2, -0.15) is 0 Å². The van der Waals surface area contributed by atoms with E-state index in [1.165, 1.54) is 77.0 Å². The van der Waals surface area contributed by atoms with Crippen molar-refractivity contribution < 1.29 is 19.1 Å².